The number of carboxylic acids is 2. The van der Waals surface area contributed by atoms with Gasteiger partial charge in [0, 0.05) is 13.0 Å². The first-order valence-electron chi connectivity index (χ1n) is 6.36. The summed E-state index contributed by atoms with van der Waals surface area (Å²) >= 11 is 0. The summed E-state index contributed by atoms with van der Waals surface area (Å²) in [5.41, 5.74) is 2.22. The molecule has 0 radical (unpaired) electrons. The molecule has 6 heteroatoms. The Morgan fingerprint density at radius 2 is 1.95 bits per heavy atom. The molecule has 2 rings (SSSR count). The van der Waals surface area contributed by atoms with Crippen LogP contribution in [0.2, 0.25) is 0 Å². The molecule has 0 spiro atoms. The molecule has 1 atom stereocenters. The van der Waals surface area contributed by atoms with Crippen molar-refractivity contribution < 1.29 is 24.5 Å². The van der Waals surface area contributed by atoms with E-state index in [9.17, 15) is 9.59 Å². The minimum atomic E-state index is -1.04. The molecule has 20 heavy (non-hydrogen) atoms. The predicted octanol–water partition coefficient (Wildman–Crippen LogP) is 0.770. The molecule has 0 saturated carbocycles. The number of rotatable bonds is 6. The van der Waals surface area contributed by atoms with Crippen LogP contribution in [0.25, 0.3) is 0 Å². The summed E-state index contributed by atoms with van der Waals surface area (Å²) in [6, 6.07) is 5.88. The van der Waals surface area contributed by atoms with Crippen LogP contribution in [0, 0.1) is 6.92 Å². The average Bonchev–Trinajstić information content (AvgIpc) is 2.68. The van der Waals surface area contributed by atoms with Gasteiger partial charge in [0.2, 0.25) is 0 Å². The topological polar surface area (TPSA) is 87.1 Å². The van der Waals surface area contributed by atoms with Gasteiger partial charge in [0.25, 0.3) is 0 Å². The molecule has 1 unspecified atom stereocenters. The lowest BCUT2D eigenvalue weighted by Crippen LogP contribution is -2.41. The van der Waals surface area contributed by atoms with Gasteiger partial charge in [0.1, 0.15) is 11.9 Å². The maximum atomic E-state index is 10.8. The Kier molecular flexibility index (Phi) is 4.24. The van der Waals surface area contributed by atoms with Crippen LogP contribution in [-0.2, 0) is 16.0 Å². The SMILES string of the molecule is Cc1ccc2c(c1)CC(CN(CC(=O)O)CC(=O)O)O2. The molecule has 6 nitrogen and oxygen atoms in total. The van der Waals surface area contributed by atoms with E-state index < -0.39 is 11.9 Å². The molecule has 0 amide bonds. The van der Waals surface area contributed by atoms with Crippen molar-refractivity contribution >= 4 is 11.9 Å². The first-order chi connectivity index (χ1) is 9.44. The normalized spacial score (nSPS) is 16.8. The number of carbonyl (C=O) groups is 2. The molecule has 1 aliphatic heterocycles. The fourth-order valence-corrected chi connectivity index (χ4v) is 2.41. The third kappa shape index (κ3) is 3.71. The number of aryl methyl sites for hydroxylation is 1. The van der Waals surface area contributed by atoms with Gasteiger partial charge < -0.3 is 14.9 Å². The molecule has 1 heterocycles. The lowest BCUT2D eigenvalue weighted by Gasteiger charge is -2.21. The predicted molar refractivity (Wildman–Crippen MR) is 71.0 cm³/mol. The van der Waals surface area contributed by atoms with Crippen molar-refractivity contribution in [1.29, 1.82) is 0 Å². The second-order valence-electron chi connectivity index (χ2n) is 5.01. The Morgan fingerprint density at radius 3 is 2.55 bits per heavy atom. The van der Waals surface area contributed by atoms with Crippen LogP contribution in [0.1, 0.15) is 11.1 Å². The van der Waals surface area contributed by atoms with E-state index >= 15 is 0 Å². The fraction of sp³-hybridized carbons (Fsp3) is 0.429. The maximum absolute atomic E-state index is 10.8. The number of hydrogen-bond donors (Lipinski definition) is 2. The van der Waals surface area contributed by atoms with Crippen LogP contribution in [0.3, 0.4) is 0 Å². The first kappa shape index (κ1) is 14.3. The van der Waals surface area contributed by atoms with Crippen molar-refractivity contribution in [2.75, 3.05) is 19.6 Å². The van der Waals surface area contributed by atoms with E-state index in [-0.39, 0.29) is 25.7 Å². The smallest absolute Gasteiger partial charge is 0.317 e. The molecule has 1 aromatic rings. The Morgan fingerprint density at radius 1 is 1.30 bits per heavy atom. The maximum Gasteiger partial charge on any atom is 0.317 e. The molecule has 108 valence electrons. The highest BCUT2D eigenvalue weighted by molar-refractivity contribution is 5.72. The van der Waals surface area contributed by atoms with Crippen LogP contribution >= 0.6 is 0 Å². The van der Waals surface area contributed by atoms with E-state index in [4.69, 9.17) is 14.9 Å². The second-order valence-corrected chi connectivity index (χ2v) is 5.01. The van der Waals surface area contributed by atoms with Crippen molar-refractivity contribution in [1.82, 2.24) is 4.90 Å². The molecule has 0 aromatic heterocycles. The summed E-state index contributed by atoms with van der Waals surface area (Å²) in [6.45, 7) is 1.67. The van der Waals surface area contributed by atoms with E-state index in [1.54, 1.807) is 0 Å². The largest absolute Gasteiger partial charge is 0.488 e. The third-order valence-corrected chi connectivity index (χ3v) is 3.14. The van der Waals surface area contributed by atoms with Crippen molar-refractivity contribution in [2.24, 2.45) is 0 Å². The molecular weight excluding hydrogens is 262 g/mol. The first-order valence-corrected chi connectivity index (χ1v) is 6.36. The quantitative estimate of drug-likeness (QED) is 0.800. The van der Waals surface area contributed by atoms with Crippen molar-refractivity contribution in [3.63, 3.8) is 0 Å². The highest BCUT2D eigenvalue weighted by Gasteiger charge is 2.26. The lowest BCUT2D eigenvalue weighted by molar-refractivity contribution is -0.142. The van der Waals surface area contributed by atoms with Gasteiger partial charge in [-0.15, -0.1) is 0 Å². The monoisotopic (exact) mass is 279 g/mol. The molecule has 1 aliphatic rings. The number of carboxylic acid groups (broad SMARTS) is 2. The van der Waals surface area contributed by atoms with Gasteiger partial charge in [-0.05, 0) is 18.6 Å². The fourth-order valence-electron chi connectivity index (χ4n) is 2.41. The summed E-state index contributed by atoms with van der Waals surface area (Å²) in [6.07, 6.45) is 0.470. The van der Waals surface area contributed by atoms with Gasteiger partial charge in [-0.25, -0.2) is 0 Å². The van der Waals surface area contributed by atoms with Crippen molar-refractivity contribution in [2.45, 2.75) is 19.4 Å². The van der Waals surface area contributed by atoms with Crippen molar-refractivity contribution in [3.05, 3.63) is 29.3 Å². The van der Waals surface area contributed by atoms with Crippen LogP contribution in [0.15, 0.2) is 18.2 Å². The zero-order chi connectivity index (χ0) is 14.7. The average molecular weight is 279 g/mol. The molecule has 0 saturated heterocycles. The lowest BCUT2D eigenvalue weighted by atomic mass is 10.1. The summed E-state index contributed by atoms with van der Waals surface area (Å²) in [7, 11) is 0. The van der Waals surface area contributed by atoms with Crippen LogP contribution in [0.5, 0.6) is 5.75 Å². The Bertz CT molecular complexity index is 512. The summed E-state index contributed by atoms with van der Waals surface area (Å²) in [4.78, 5) is 22.9. The Labute approximate surface area is 116 Å². The minimum Gasteiger partial charge on any atom is -0.488 e. The van der Waals surface area contributed by atoms with Gasteiger partial charge in [-0.3, -0.25) is 14.5 Å². The van der Waals surface area contributed by atoms with Gasteiger partial charge in [0.15, 0.2) is 0 Å². The van der Waals surface area contributed by atoms with Crippen molar-refractivity contribution in [3.8, 4) is 5.75 Å². The molecule has 0 fully saturated rings. The standard InChI is InChI=1S/C14H17NO5/c1-9-2-3-12-10(4-9)5-11(20-12)6-15(7-13(16)17)8-14(18)19/h2-4,11H,5-8H2,1H3,(H,16,17)(H,18,19). The number of nitrogens with zero attached hydrogens (tertiary/aromatic N) is 1. The molecule has 1 aromatic carbocycles. The van der Waals surface area contributed by atoms with Crippen LogP contribution < -0.4 is 4.74 Å². The van der Waals surface area contributed by atoms with Gasteiger partial charge in [-0.2, -0.15) is 0 Å². The Balaban J connectivity index is 1.99. The van der Waals surface area contributed by atoms with Crippen LogP contribution in [0.4, 0.5) is 0 Å². The van der Waals surface area contributed by atoms with Gasteiger partial charge in [0.05, 0.1) is 13.1 Å². The zero-order valence-corrected chi connectivity index (χ0v) is 11.2. The highest BCUT2D eigenvalue weighted by Crippen LogP contribution is 2.29. The van der Waals surface area contributed by atoms with E-state index in [0.717, 1.165) is 16.9 Å². The van der Waals surface area contributed by atoms with E-state index in [1.165, 1.54) is 4.90 Å². The molecule has 2 N–H and O–H groups in total. The zero-order valence-electron chi connectivity index (χ0n) is 11.2. The number of fused-ring (bicyclic) bond motifs is 1. The third-order valence-electron chi connectivity index (χ3n) is 3.14. The summed E-state index contributed by atoms with van der Waals surface area (Å²) in [5.74, 6) is -1.29. The summed E-state index contributed by atoms with van der Waals surface area (Å²) in [5, 5.41) is 17.6. The van der Waals surface area contributed by atoms with Gasteiger partial charge >= 0.3 is 11.9 Å². The number of benzene rings is 1. The van der Waals surface area contributed by atoms with E-state index in [0.29, 0.717) is 6.42 Å². The highest BCUT2D eigenvalue weighted by atomic mass is 16.5. The van der Waals surface area contributed by atoms with E-state index in [2.05, 4.69) is 0 Å². The number of hydrogen-bond acceptors (Lipinski definition) is 4. The second kappa shape index (κ2) is 5.92. The Hall–Kier alpha value is -2.08. The van der Waals surface area contributed by atoms with Gasteiger partial charge in [-0.1, -0.05) is 17.7 Å². The number of ether oxygens (including phenoxy) is 1. The number of aliphatic carboxylic acids is 2. The molecule has 0 bridgehead atoms. The van der Waals surface area contributed by atoms with Crippen LogP contribution in [-0.4, -0.2) is 52.8 Å². The van der Waals surface area contributed by atoms with E-state index in [1.807, 2.05) is 25.1 Å². The summed E-state index contributed by atoms with van der Waals surface area (Å²) < 4.78 is 5.73. The molecule has 0 aliphatic carbocycles. The molecular formula is C14H17NO5. The minimum absolute atomic E-state index is 0.203.